The number of thioether (sulfide) groups is 1. The molecule has 1 fully saturated rings. The molecule has 1 aliphatic rings. The highest BCUT2D eigenvalue weighted by molar-refractivity contribution is 8.00. The minimum atomic E-state index is -4.13. The summed E-state index contributed by atoms with van der Waals surface area (Å²) in [5.41, 5.74) is 0. The van der Waals surface area contributed by atoms with Crippen LogP contribution in [-0.2, 0) is 4.74 Å². The van der Waals surface area contributed by atoms with E-state index in [0.717, 1.165) is 24.6 Å². The number of ether oxygens (including phenoxy) is 1. The minimum Gasteiger partial charge on any atom is -0.378 e. The van der Waals surface area contributed by atoms with Crippen molar-refractivity contribution in [2.24, 2.45) is 0 Å². The van der Waals surface area contributed by atoms with Gasteiger partial charge in [-0.1, -0.05) is 0 Å². The zero-order valence-electron chi connectivity index (χ0n) is 8.79. The maximum Gasteiger partial charge on any atom is 0.389 e. The molecule has 0 aromatic heterocycles. The van der Waals surface area contributed by atoms with Gasteiger partial charge >= 0.3 is 6.18 Å². The number of hydrogen-bond acceptors (Lipinski definition) is 3. The monoisotopic (exact) mass is 253 g/mol. The molecule has 0 aliphatic carbocycles. The Bertz CT molecular complexity index is 245. The second-order valence-corrected chi connectivity index (χ2v) is 5.04. The molecular formula is C10H14F3NOS. The molecule has 0 amide bonds. The highest BCUT2D eigenvalue weighted by Crippen LogP contribution is 2.27. The van der Waals surface area contributed by atoms with Gasteiger partial charge in [0.05, 0.1) is 23.8 Å². The van der Waals surface area contributed by atoms with E-state index in [2.05, 4.69) is 0 Å². The fourth-order valence-electron chi connectivity index (χ4n) is 1.54. The number of halogens is 3. The van der Waals surface area contributed by atoms with E-state index in [1.165, 1.54) is 0 Å². The minimum absolute atomic E-state index is 0.0472. The average molecular weight is 253 g/mol. The van der Waals surface area contributed by atoms with Gasteiger partial charge in [-0.2, -0.15) is 18.4 Å². The van der Waals surface area contributed by atoms with Crippen molar-refractivity contribution >= 4 is 11.8 Å². The fraction of sp³-hybridized carbons (Fsp3) is 0.900. The zero-order chi connectivity index (χ0) is 12.0. The summed E-state index contributed by atoms with van der Waals surface area (Å²) in [4.78, 5) is 0. The lowest BCUT2D eigenvalue weighted by Gasteiger charge is -2.14. The molecule has 2 nitrogen and oxygen atoms in total. The Morgan fingerprint density at radius 3 is 2.75 bits per heavy atom. The lowest BCUT2D eigenvalue weighted by Crippen LogP contribution is -2.15. The molecule has 0 saturated carbocycles. The van der Waals surface area contributed by atoms with Gasteiger partial charge in [-0.15, -0.1) is 11.8 Å². The molecule has 6 heteroatoms. The van der Waals surface area contributed by atoms with Crippen molar-refractivity contribution in [1.29, 1.82) is 5.26 Å². The third-order valence-electron chi connectivity index (χ3n) is 2.35. The number of hydrogen-bond donors (Lipinski definition) is 0. The van der Waals surface area contributed by atoms with Crippen LogP contribution in [0.15, 0.2) is 0 Å². The highest BCUT2D eigenvalue weighted by Gasteiger charge is 2.28. The van der Waals surface area contributed by atoms with E-state index >= 15 is 0 Å². The summed E-state index contributed by atoms with van der Waals surface area (Å²) in [6, 6.07) is 2.03. The molecule has 16 heavy (non-hydrogen) atoms. The molecule has 1 rings (SSSR count). The van der Waals surface area contributed by atoms with Gasteiger partial charge in [-0.05, 0) is 19.3 Å². The molecular weight excluding hydrogens is 239 g/mol. The zero-order valence-corrected chi connectivity index (χ0v) is 9.61. The van der Waals surface area contributed by atoms with Crippen LogP contribution in [0.3, 0.4) is 0 Å². The Labute approximate surface area is 97.1 Å². The van der Waals surface area contributed by atoms with E-state index in [1.54, 1.807) is 0 Å². The van der Waals surface area contributed by atoms with Gasteiger partial charge < -0.3 is 4.74 Å². The second-order valence-electron chi connectivity index (χ2n) is 3.72. The Morgan fingerprint density at radius 1 is 1.50 bits per heavy atom. The molecule has 2 unspecified atom stereocenters. The van der Waals surface area contributed by atoms with E-state index in [0.29, 0.717) is 13.0 Å². The first-order chi connectivity index (χ1) is 7.51. The van der Waals surface area contributed by atoms with Crippen LogP contribution in [-0.4, -0.2) is 29.9 Å². The van der Waals surface area contributed by atoms with Crippen LogP contribution in [0.5, 0.6) is 0 Å². The largest absolute Gasteiger partial charge is 0.389 e. The van der Waals surface area contributed by atoms with E-state index in [-0.39, 0.29) is 17.1 Å². The third-order valence-corrected chi connectivity index (χ3v) is 3.49. The van der Waals surface area contributed by atoms with Crippen molar-refractivity contribution in [3.05, 3.63) is 0 Å². The van der Waals surface area contributed by atoms with Crippen LogP contribution < -0.4 is 0 Å². The van der Waals surface area contributed by atoms with Crippen LogP contribution in [0.4, 0.5) is 13.2 Å². The van der Waals surface area contributed by atoms with Gasteiger partial charge in [0.1, 0.15) is 0 Å². The summed E-state index contributed by atoms with van der Waals surface area (Å²) in [6.07, 6.45) is -2.46. The molecule has 1 heterocycles. The van der Waals surface area contributed by atoms with Crippen molar-refractivity contribution < 1.29 is 17.9 Å². The Hall–Kier alpha value is -0.410. The summed E-state index contributed by atoms with van der Waals surface area (Å²) < 4.78 is 41.0. The summed E-state index contributed by atoms with van der Waals surface area (Å²) >= 11 is 1.07. The van der Waals surface area contributed by atoms with Crippen molar-refractivity contribution in [3.63, 3.8) is 0 Å². The van der Waals surface area contributed by atoms with Gasteiger partial charge in [0, 0.05) is 12.4 Å². The SMILES string of the molecule is N#CC(CC1CCCO1)SCCC(F)(F)F. The Kier molecular flexibility index (Phi) is 5.42. The molecule has 0 radical (unpaired) electrons. The van der Waals surface area contributed by atoms with Gasteiger partial charge in [0.2, 0.25) is 0 Å². The van der Waals surface area contributed by atoms with Crippen molar-refractivity contribution in [2.45, 2.75) is 43.2 Å². The second kappa shape index (κ2) is 6.36. The standard InChI is InChI=1S/C10H14F3NOS/c11-10(12,13)3-5-16-9(7-14)6-8-2-1-4-15-8/h8-9H,1-6H2. The molecule has 2 atom stereocenters. The van der Waals surface area contributed by atoms with E-state index < -0.39 is 12.6 Å². The summed E-state index contributed by atoms with van der Waals surface area (Å²) in [5, 5.41) is 8.42. The molecule has 1 saturated heterocycles. The average Bonchev–Trinajstić information content (AvgIpc) is 2.67. The number of nitriles is 1. The molecule has 0 aromatic carbocycles. The van der Waals surface area contributed by atoms with Crippen LogP contribution in [0, 0.1) is 11.3 Å². The summed E-state index contributed by atoms with van der Waals surface area (Å²) in [7, 11) is 0. The van der Waals surface area contributed by atoms with Crippen LogP contribution in [0.25, 0.3) is 0 Å². The number of rotatable bonds is 5. The predicted molar refractivity (Wildman–Crippen MR) is 56.1 cm³/mol. The number of alkyl halides is 3. The molecule has 0 spiro atoms. The quantitative estimate of drug-likeness (QED) is 0.754. The molecule has 0 bridgehead atoms. The molecule has 0 aromatic rings. The van der Waals surface area contributed by atoms with Crippen LogP contribution in [0.1, 0.15) is 25.7 Å². The van der Waals surface area contributed by atoms with Gasteiger partial charge in [0.15, 0.2) is 0 Å². The summed E-state index contributed by atoms with van der Waals surface area (Å²) in [6.45, 7) is 0.704. The first kappa shape index (κ1) is 13.7. The Morgan fingerprint density at radius 2 is 2.25 bits per heavy atom. The molecule has 0 N–H and O–H groups in total. The van der Waals surface area contributed by atoms with Crippen molar-refractivity contribution in [2.75, 3.05) is 12.4 Å². The van der Waals surface area contributed by atoms with Crippen molar-refractivity contribution in [3.8, 4) is 6.07 Å². The maximum atomic E-state index is 11.9. The lowest BCUT2D eigenvalue weighted by molar-refractivity contribution is -0.129. The van der Waals surface area contributed by atoms with E-state index in [9.17, 15) is 13.2 Å². The van der Waals surface area contributed by atoms with Crippen LogP contribution in [0.2, 0.25) is 0 Å². The molecule has 92 valence electrons. The number of nitrogens with zero attached hydrogens (tertiary/aromatic N) is 1. The van der Waals surface area contributed by atoms with Crippen molar-refractivity contribution in [1.82, 2.24) is 0 Å². The third kappa shape index (κ3) is 5.61. The van der Waals surface area contributed by atoms with Gasteiger partial charge in [-0.25, -0.2) is 0 Å². The fourth-order valence-corrected chi connectivity index (χ4v) is 2.60. The summed E-state index contributed by atoms with van der Waals surface area (Å²) in [5.74, 6) is -0.0472. The van der Waals surface area contributed by atoms with E-state index in [4.69, 9.17) is 10.00 Å². The topological polar surface area (TPSA) is 33.0 Å². The van der Waals surface area contributed by atoms with Gasteiger partial charge in [-0.3, -0.25) is 0 Å². The molecule has 1 aliphatic heterocycles. The highest BCUT2D eigenvalue weighted by atomic mass is 32.2. The predicted octanol–water partition coefficient (Wildman–Crippen LogP) is 3.13. The Balaban J connectivity index is 2.19. The maximum absolute atomic E-state index is 11.9. The first-order valence-electron chi connectivity index (χ1n) is 5.21. The normalized spacial score (nSPS) is 23.0. The van der Waals surface area contributed by atoms with E-state index in [1.807, 2.05) is 6.07 Å². The first-order valence-corrected chi connectivity index (χ1v) is 6.26. The smallest absolute Gasteiger partial charge is 0.378 e. The van der Waals surface area contributed by atoms with Gasteiger partial charge in [0.25, 0.3) is 0 Å². The lowest BCUT2D eigenvalue weighted by atomic mass is 10.1. The van der Waals surface area contributed by atoms with Crippen LogP contribution >= 0.6 is 11.8 Å².